The number of halogens is 1. The van der Waals surface area contributed by atoms with Crippen LogP contribution in [0.2, 0.25) is 0 Å². The van der Waals surface area contributed by atoms with Crippen molar-refractivity contribution >= 4 is 30.6 Å². The highest BCUT2D eigenvalue weighted by Gasteiger charge is 2.21. The Bertz CT molecular complexity index is 735. The van der Waals surface area contributed by atoms with Crippen molar-refractivity contribution in [2.45, 2.75) is 4.90 Å². The van der Waals surface area contributed by atoms with Crippen LogP contribution in [0.3, 0.4) is 0 Å². The van der Waals surface area contributed by atoms with Crippen molar-refractivity contribution in [1.29, 1.82) is 0 Å². The third kappa shape index (κ3) is 1.72. The Balaban J connectivity index is 2.36. The second kappa shape index (κ2) is 3.80. The molecule has 1 aliphatic heterocycles. The minimum absolute atomic E-state index is 0.0821. The number of rotatable bonds is 1. The van der Waals surface area contributed by atoms with Gasteiger partial charge in [-0.15, -0.1) is 0 Å². The van der Waals surface area contributed by atoms with Crippen LogP contribution >= 0.6 is 10.7 Å². The standard InChI is InChI=1S/C11H10ClNO4S/c1-13-6-11(18(12,14)15)7-4-9-10(5-8(7)13)17-3-2-16-9/h4-6H,2-3H2,1H3. The first kappa shape index (κ1) is 11.7. The molecular formula is C11H10ClNO4S. The number of ether oxygens (including phenoxy) is 2. The zero-order valence-electron chi connectivity index (χ0n) is 9.51. The van der Waals surface area contributed by atoms with Crippen molar-refractivity contribution in [3.8, 4) is 11.5 Å². The molecule has 0 bridgehead atoms. The van der Waals surface area contributed by atoms with Crippen LogP contribution in [0.15, 0.2) is 23.2 Å². The third-order valence-electron chi connectivity index (χ3n) is 2.88. The van der Waals surface area contributed by atoms with Crippen molar-refractivity contribution < 1.29 is 17.9 Å². The molecule has 0 amide bonds. The highest BCUT2D eigenvalue weighted by atomic mass is 35.7. The average Bonchev–Trinajstić information content (AvgIpc) is 2.64. The quantitative estimate of drug-likeness (QED) is 0.752. The summed E-state index contributed by atoms with van der Waals surface area (Å²) in [5, 5.41) is 0.539. The van der Waals surface area contributed by atoms with E-state index in [0.717, 1.165) is 5.52 Å². The molecule has 0 fully saturated rings. The second-order valence-electron chi connectivity index (χ2n) is 4.06. The van der Waals surface area contributed by atoms with E-state index in [2.05, 4.69) is 0 Å². The Kier molecular flexibility index (Phi) is 2.46. The molecular weight excluding hydrogens is 278 g/mol. The molecule has 96 valence electrons. The molecule has 0 spiro atoms. The van der Waals surface area contributed by atoms with Gasteiger partial charge < -0.3 is 14.0 Å². The molecule has 0 N–H and O–H groups in total. The number of hydrogen-bond donors (Lipinski definition) is 0. The second-order valence-corrected chi connectivity index (χ2v) is 6.59. The Morgan fingerprint density at radius 3 is 2.44 bits per heavy atom. The van der Waals surface area contributed by atoms with Gasteiger partial charge in [-0.1, -0.05) is 0 Å². The normalized spacial score (nSPS) is 15.0. The molecule has 0 unspecified atom stereocenters. The van der Waals surface area contributed by atoms with Gasteiger partial charge in [0.2, 0.25) is 0 Å². The van der Waals surface area contributed by atoms with Crippen molar-refractivity contribution in [3.63, 3.8) is 0 Å². The lowest BCUT2D eigenvalue weighted by Gasteiger charge is -2.18. The molecule has 1 aromatic heterocycles. The van der Waals surface area contributed by atoms with Crippen LogP contribution in [-0.4, -0.2) is 26.2 Å². The molecule has 0 atom stereocenters. The van der Waals surface area contributed by atoms with Crippen molar-refractivity contribution in [2.75, 3.05) is 13.2 Å². The first-order valence-electron chi connectivity index (χ1n) is 5.30. The van der Waals surface area contributed by atoms with Gasteiger partial charge in [-0.3, -0.25) is 0 Å². The fraction of sp³-hybridized carbons (Fsp3) is 0.273. The molecule has 0 aliphatic carbocycles. The highest BCUT2D eigenvalue weighted by molar-refractivity contribution is 8.14. The number of hydrogen-bond acceptors (Lipinski definition) is 4. The Labute approximate surface area is 108 Å². The van der Waals surface area contributed by atoms with E-state index in [-0.39, 0.29) is 4.90 Å². The van der Waals surface area contributed by atoms with Crippen LogP contribution in [-0.2, 0) is 16.1 Å². The predicted octanol–water partition coefficient (Wildman–Crippen LogP) is 1.88. The minimum Gasteiger partial charge on any atom is -0.486 e. The van der Waals surface area contributed by atoms with E-state index in [4.69, 9.17) is 20.2 Å². The maximum absolute atomic E-state index is 11.5. The number of aryl methyl sites for hydroxylation is 1. The fourth-order valence-electron chi connectivity index (χ4n) is 2.08. The number of aromatic nitrogens is 1. The van der Waals surface area contributed by atoms with Crippen LogP contribution < -0.4 is 9.47 Å². The van der Waals surface area contributed by atoms with Crippen LogP contribution in [0.5, 0.6) is 11.5 Å². The summed E-state index contributed by atoms with van der Waals surface area (Å²) < 4.78 is 35.6. The Morgan fingerprint density at radius 1 is 1.22 bits per heavy atom. The van der Waals surface area contributed by atoms with E-state index in [9.17, 15) is 8.42 Å². The average molecular weight is 288 g/mol. The highest BCUT2D eigenvalue weighted by Crippen LogP contribution is 2.38. The van der Waals surface area contributed by atoms with Crippen LogP contribution in [0.1, 0.15) is 0 Å². The first-order chi connectivity index (χ1) is 8.47. The van der Waals surface area contributed by atoms with E-state index in [0.29, 0.717) is 30.1 Å². The number of nitrogens with zero attached hydrogens (tertiary/aromatic N) is 1. The lowest BCUT2D eigenvalue weighted by atomic mass is 10.2. The molecule has 18 heavy (non-hydrogen) atoms. The maximum Gasteiger partial charge on any atom is 0.263 e. The van der Waals surface area contributed by atoms with Crippen LogP contribution in [0, 0.1) is 0 Å². The molecule has 1 aromatic carbocycles. The van der Waals surface area contributed by atoms with Crippen LogP contribution in [0.25, 0.3) is 10.9 Å². The van der Waals surface area contributed by atoms with Crippen molar-refractivity contribution in [1.82, 2.24) is 4.57 Å². The van der Waals surface area contributed by atoms with E-state index in [1.807, 2.05) is 0 Å². The molecule has 0 saturated carbocycles. The molecule has 3 rings (SSSR count). The smallest absolute Gasteiger partial charge is 0.263 e. The van der Waals surface area contributed by atoms with Gasteiger partial charge in [-0.2, -0.15) is 0 Å². The summed E-state index contributed by atoms with van der Waals surface area (Å²) >= 11 is 0. The van der Waals surface area contributed by atoms with Crippen molar-refractivity contribution in [2.24, 2.45) is 7.05 Å². The predicted molar refractivity (Wildman–Crippen MR) is 66.9 cm³/mol. The summed E-state index contributed by atoms with van der Waals surface area (Å²) in [6.45, 7) is 0.942. The molecule has 1 aliphatic rings. The van der Waals surface area contributed by atoms with Gasteiger partial charge >= 0.3 is 0 Å². The van der Waals surface area contributed by atoms with Gasteiger partial charge in [0, 0.05) is 35.4 Å². The van der Waals surface area contributed by atoms with Gasteiger partial charge in [0.15, 0.2) is 11.5 Å². The van der Waals surface area contributed by atoms with Crippen molar-refractivity contribution in [3.05, 3.63) is 18.3 Å². The zero-order chi connectivity index (χ0) is 12.9. The summed E-state index contributed by atoms with van der Waals surface area (Å²) in [5.41, 5.74) is 0.735. The Morgan fingerprint density at radius 2 is 1.83 bits per heavy atom. The van der Waals surface area contributed by atoms with E-state index < -0.39 is 9.05 Å². The summed E-state index contributed by atoms with van der Waals surface area (Å²) in [7, 11) is 3.39. The summed E-state index contributed by atoms with van der Waals surface area (Å²) in [5.74, 6) is 1.16. The van der Waals surface area contributed by atoms with E-state index in [1.54, 1.807) is 23.7 Å². The lowest BCUT2D eigenvalue weighted by molar-refractivity contribution is 0.172. The van der Waals surface area contributed by atoms with Gasteiger partial charge in [0.25, 0.3) is 9.05 Å². The topological polar surface area (TPSA) is 57.5 Å². The summed E-state index contributed by atoms with van der Waals surface area (Å²) in [4.78, 5) is 0.0821. The largest absolute Gasteiger partial charge is 0.486 e. The summed E-state index contributed by atoms with van der Waals surface area (Å²) in [6.07, 6.45) is 1.48. The van der Waals surface area contributed by atoms with E-state index >= 15 is 0 Å². The molecule has 0 saturated heterocycles. The lowest BCUT2D eigenvalue weighted by Crippen LogP contribution is -2.15. The van der Waals surface area contributed by atoms with Gasteiger partial charge in [0.1, 0.15) is 18.1 Å². The number of fused-ring (bicyclic) bond motifs is 2. The molecule has 7 heteroatoms. The maximum atomic E-state index is 11.5. The number of benzene rings is 1. The monoisotopic (exact) mass is 287 g/mol. The summed E-state index contributed by atoms with van der Waals surface area (Å²) in [6, 6.07) is 3.41. The van der Waals surface area contributed by atoms with Gasteiger partial charge in [-0.05, 0) is 6.07 Å². The zero-order valence-corrected chi connectivity index (χ0v) is 11.1. The molecule has 5 nitrogen and oxygen atoms in total. The Hall–Kier alpha value is -1.40. The minimum atomic E-state index is -3.78. The van der Waals surface area contributed by atoms with E-state index in [1.165, 1.54) is 6.20 Å². The molecule has 2 heterocycles. The van der Waals surface area contributed by atoms with Crippen LogP contribution in [0.4, 0.5) is 0 Å². The van der Waals surface area contributed by atoms with Gasteiger partial charge in [0.05, 0.1) is 5.52 Å². The molecule has 2 aromatic rings. The van der Waals surface area contributed by atoms with Gasteiger partial charge in [-0.25, -0.2) is 8.42 Å². The molecule has 0 radical (unpaired) electrons. The SMILES string of the molecule is Cn1cc(S(=O)(=O)Cl)c2cc3c(cc21)OCCO3. The fourth-order valence-corrected chi connectivity index (χ4v) is 3.16. The third-order valence-corrected chi connectivity index (χ3v) is 4.23. The first-order valence-corrected chi connectivity index (χ1v) is 7.61.